The first-order valence-corrected chi connectivity index (χ1v) is 10.6. The van der Waals surface area contributed by atoms with Gasteiger partial charge in [-0.25, -0.2) is 0 Å². The van der Waals surface area contributed by atoms with Gasteiger partial charge in [0.05, 0.1) is 18.8 Å². The summed E-state index contributed by atoms with van der Waals surface area (Å²) in [6.07, 6.45) is 11.8. The highest BCUT2D eigenvalue weighted by atomic mass is 16.7. The topological polar surface area (TPSA) is 36.9 Å². The second kappa shape index (κ2) is 7.10. The maximum Gasteiger partial charge on any atom is 0.147 e. The van der Waals surface area contributed by atoms with Crippen LogP contribution in [-0.4, -0.2) is 39.5 Å². The summed E-state index contributed by atoms with van der Waals surface area (Å²) in [5.41, 5.74) is 0. The molecule has 0 saturated heterocycles. The normalized spacial score (nSPS) is 50.0. The first-order chi connectivity index (χ1) is 12.3. The Hall–Kier alpha value is -0.160. The van der Waals surface area contributed by atoms with Gasteiger partial charge in [0.1, 0.15) is 13.6 Å². The van der Waals surface area contributed by atoms with Crippen LogP contribution in [0.15, 0.2) is 0 Å². The van der Waals surface area contributed by atoms with E-state index < -0.39 is 0 Å². The average Bonchev–Trinajstić information content (AvgIpc) is 3.40. The van der Waals surface area contributed by atoms with Crippen LogP contribution < -0.4 is 0 Å². The molecular formula is C21H34O4. The Morgan fingerprint density at radius 1 is 0.720 bits per heavy atom. The lowest BCUT2D eigenvalue weighted by Crippen LogP contribution is -2.30. The second-order valence-electron chi connectivity index (χ2n) is 9.54. The smallest absolute Gasteiger partial charge is 0.147 e. The van der Waals surface area contributed by atoms with Crippen molar-refractivity contribution in [2.75, 3.05) is 27.3 Å². The van der Waals surface area contributed by atoms with Gasteiger partial charge >= 0.3 is 0 Å². The zero-order valence-electron chi connectivity index (χ0n) is 15.6. The number of hydrogen-bond acceptors (Lipinski definition) is 4. The molecule has 4 nitrogen and oxygen atoms in total. The van der Waals surface area contributed by atoms with Gasteiger partial charge in [-0.3, -0.25) is 0 Å². The molecule has 5 saturated carbocycles. The third-order valence-electron chi connectivity index (χ3n) is 8.30. The summed E-state index contributed by atoms with van der Waals surface area (Å²) in [5, 5.41) is 0. The SMILES string of the molecule is COCOC1CC2CC1C1C[C@@H](COCOC3CC4CCC3C4)CC21. The summed E-state index contributed by atoms with van der Waals surface area (Å²) in [5.74, 6) is 6.01. The Morgan fingerprint density at radius 3 is 2.40 bits per heavy atom. The largest absolute Gasteiger partial charge is 0.359 e. The van der Waals surface area contributed by atoms with Crippen molar-refractivity contribution in [1.29, 1.82) is 0 Å². The minimum Gasteiger partial charge on any atom is -0.359 e. The second-order valence-corrected chi connectivity index (χ2v) is 9.54. The van der Waals surface area contributed by atoms with Gasteiger partial charge in [-0.15, -0.1) is 0 Å². The molecule has 0 aromatic rings. The van der Waals surface area contributed by atoms with Crippen LogP contribution in [0.3, 0.4) is 0 Å². The van der Waals surface area contributed by atoms with E-state index in [4.69, 9.17) is 18.9 Å². The minimum atomic E-state index is 0.451. The van der Waals surface area contributed by atoms with E-state index in [1.807, 2.05) is 0 Å². The van der Waals surface area contributed by atoms with Gasteiger partial charge in [0, 0.05) is 7.11 Å². The minimum absolute atomic E-state index is 0.451. The van der Waals surface area contributed by atoms with Gasteiger partial charge in [-0.2, -0.15) is 0 Å². The number of methoxy groups -OCH3 is 1. The molecule has 0 heterocycles. The van der Waals surface area contributed by atoms with E-state index in [2.05, 4.69) is 0 Å². The van der Waals surface area contributed by atoms with Crippen molar-refractivity contribution in [3.63, 3.8) is 0 Å². The third-order valence-corrected chi connectivity index (χ3v) is 8.30. The quantitative estimate of drug-likeness (QED) is 0.492. The van der Waals surface area contributed by atoms with E-state index in [9.17, 15) is 0 Å². The van der Waals surface area contributed by atoms with Crippen molar-refractivity contribution in [2.24, 2.45) is 41.4 Å². The molecule has 0 N–H and O–H groups in total. The Morgan fingerprint density at radius 2 is 1.60 bits per heavy atom. The van der Waals surface area contributed by atoms with E-state index in [1.54, 1.807) is 7.11 Å². The maximum absolute atomic E-state index is 6.05. The van der Waals surface area contributed by atoms with Crippen LogP contribution in [0.4, 0.5) is 0 Å². The average molecular weight is 350 g/mol. The van der Waals surface area contributed by atoms with Crippen molar-refractivity contribution < 1.29 is 18.9 Å². The lowest BCUT2D eigenvalue weighted by Gasteiger charge is -2.31. The maximum atomic E-state index is 6.05. The van der Waals surface area contributed by atoms with Crippen molar-refractivity contribution in [3.8, 4) is 0 Å². The third kappa shape index (κ3) is 3.18. The van der Waals surface area contributed by atoms with Crippen LogP contribution in [0.25, 0.3) is 0 Å². The van der Waals surface area contributed by atoms with Crippen LogP contribution in [0.5, 0.6) is 0 Å². The van der Waals surface area contributed by atoms with E-state index >= 15 is 0 Å². The molecule has 0 aromatic heterocycles. The molecule has 5 aliphatic rings. The van der Waals surface area contributed by atoms with E-state index in [1.165, 1.54) is 51.4 Å². The molecule has 8 unspecified atom stereocenters. The first-order valence-electron chi connectivity index (χ1n) is 10.6. The fourth-order valence-corrected chi connectivity index (χ4v) is 7.34. The van der Waals surface area contributed by atoms with Crippen molar-refractivity contribution in [1.82, 2.24) is 0 Å². The van der Waals surface area contributed by atoms with E-state index in [0.717, 1.165) is 48.0 Å². The van der Waals surface area contributed by atoms with Crippen LogP contribution >= 0.6 is 0 Å². The molecule has 0 radical (unpaired) electrons. The lowest BCUT2D eigenvalue weighted by atomic mass is 9.80. The molecule has 5 aliphatic carbocycles. The van der Waals surface area contributed by atoms with Crippen LogP contribution in [-0.2, 0) is 18.9 Å². The lowest BCUT2D eigenvalue weighted by molar-refractivity contribution is -0.111. The highest BCUT2D eigenvalue weighted by Gasteiger charge is 2.56. The standard InChI is InChI=1S/C21H34O4/c1-22-11-24-21-9-16-8-19(21)18-6-14(5-17(16)18)10-23-12-25-20-7-13-2-3-15(20)4-13/h13-21H,2-12H2,1H3/t13?,14-,15?,16?,17?,18?,19?,20?,21?/m0/s1. The molecule has 4 heteroatoms. The summed E-state index contributed by atoms with van der Waals surface area (Å²) in [6, 6.07) is 0. The number of hydrogen-bond donors (Lipinski definition) is 0. The molecule has 142 valence electrons. The zero-order valence-corrected chi connectivity index (χ0v) is 15.6. The summed E-state index contributed by atoms with van der Waals surface area (Å²) < 4.78 is 23.1. The molecule has 5 fully saturated rings. The van der Waals surface area contributed by atoms with Gasteiger partial charge in [0.15, 0.2) is 0 Å². The Balaban J connectivity index is 1.04. The van der Waals surface area contributed by atoms with Crippen LogP contribution in [0.1, 0.15) is 51.4 Å². The Labute approximate surface area is 151 Å². The van der Waals surface area contributed by atoms with E-state index in [0.29, 0.717) is 25.8 Å². The van der Waals surface area contributed by atoms with Gasteiger partial charge in [0.2, 0.25) is 0 Å². The molecule has 9 atom stereocenters. The fourth-order valence-electron chi connectivity index (χ4n) is 7.34. The molecular weight excluding hydrogens is 316 g/mol. The summed E-state index contributed by atoms with van der Waals surface area (Å²) in [6.45, 7) is 1.88. The first kappa shape index (κ1) is 17.0. The van der Waals surface area contributed by atoms with Crippen molar-refractivity contribution in [3.05, 3.63) is 0 Å². The zero-order chi connectivity index (χ0) is 16.8. The molecule has 0 spiro atoms. The van der Waals surface area contributed by atoms with Gasteiger partial charge < -0.3 is 18.9 Å². The van der Waals surface area contributed by atoms with Gasteiger partial charge in [0.25, 0.3) is 0 Å². The highest BCUT2D eigenvalue weighted by Crippen LogP contribution is 2.60. The summed E-state index contributed by atoms with van der Waals surface area (Å²) in [4.78, 5) is 0. The molecule has 0 amide bonds. The predicted octanol–water partition coefficient (Wildman–Crippen LogP) is 3.84. The highest BCUT2D eigenvalue weighted by molar-refractivity contribution is 5.05. The van der Waals surface area contributed by atoms with Gasteiger partial charge in [-0.05, 0) is 92.8 Å². The molecule has 0 aliphatic heterocycles. The number of ether oxygens (including phenoxy) is 4. The van der Waals surface area contributed by atoms with Crippen LogP contribution in [0.2, 0.25) is 0 Å². The Kier molecular flexibility index (Phi) is 4.82. The number of rotatable bonds is 8. The summed E-state index contributed by atoms with van der Waals surface area (Å²) >= 11 is 0. The monoisotopic (exact) mass is 350 g/mol. The number of fused-ring (bicyclic) bond motifs is 7. The molecule has 25 heavy (non-hydrogen) atoms. The van der Waals surface area contributed by atoms with Gasteiger partial charge in [-0.1, -0.05) is 0 Å². The molecule has 0 aromatic carbocycles. The van der Waals surface area contributed by atoms with Crippen LogP contribution in [0, 0.1) is 41.4 Å². The predicted molar refractivity (Wildman–Crippen MR) is 93.8 cm³/mol. The van der Waals surface area contributed by atoms with Crippen molar-refractivity contribution >= 4 is 0 Å². The molecule has 5 rings (SSSR count). The molecule has 4 bridgehead atoms. The summed E-state index contributed by atoms with van der Waals surface area (Å²) in [7, 11) is 1.72. The van der Waals surface area contributed by atoms with E-state index in [-0.39, 0.29) is 0 Å². The Bertz CT molecular complexity index is 469. The van der Waals surface area contributed by atoms with Crippen molar-refractivity contribution in [2.45, 2.75) is 63.6 Å². The fraction of sp³-hybridized carbons (Fsp3) is 1.00.